The minimum absolute atomic E-state index is 0.0144. The van der Waals surface area contributed by atoms with E-state index in [1.807, 2.05) is 20.8 Å². The first kappa shape index (κ1) is 15.1. The van der Waals surface area contributed by atoms with Crippen molar-refractivity contribution in [3.63, 3.8) is 0 Å². The zero-order valence-corrected chi connectivity index (χ0v) is 12.2. The molecule has 0 amide bonds. The molecule has 4 heteroatoms. The molecule has 0 aliphatic heterocycles. The number of aromatic nitrogens is 2. The largest absolute Gasteiger partial charge is 0.371 e. The van der Waals surface area contributed by atoms with Gasteiger partial charge in [0.2, 0.25) is 0 Å². The zero-order valence-electron chi connectivity index (χ0n) is 12.2. The van der Waals surface area contributed by atoms with Crippen molar-refractivity contribution in [1.82, 2.24) is 15.3 Å². The van der Waals surface area contributed by atoms with Crippen molar-refractivity contribution in [2.75, 3.05) is 13.2 Å². The first-order valence-corrected chi connectivity index (χ1v) is 6.80. The lowest BCUT2D eigenvalue weighted by molar-refractivity contribution is 0.0532. The quantitative estimate of drug-likeness (QED) is 0.809. The number of nitrogens with zero attached hydrogens (tertiary/aromatic N) is 2. The molecule has 1 heterocycles. The van der Waals surface area contributed by atoms with Gasteiger partial charge >= 0.3 is 0 Å². The lowest BCUT2D eigenvalue weighted by atomic mass is 10.1. The fourth-order valence-electron chi connectivity index (χ4n) is 1.99. The first-order chi connectivity index (χ1) is 8.63. The van der Waals surface area contributed by atoms with Gasteiger partial charge in [-0.1, -0.05) is 13.8 Å². The minimum Gasteiger partial charge on any atom is -0.371 e. The molecule has 0 spiro atoms. The molecule has 0 fully saturated rings. The molecular formula is C14H25N3O. The van der Waals surface area contributed by atoms with Crippen LogP contribution < -0.4 is 5.32 Å². The average Bonchev–Trinajstić information content (AvgIpc) is 2.34. The van der Waals surface area contributed by atoms with E-state index in [4.69, 9.17) is 4.74 Å². The summed E-state index contributed by atoms with van der Waals surface area (Å²) in [5.74, 6) is 0.814. The van der Waals surface area contributed by atoms with Crippen LogP contribution in [-0.4, -0.2) is 23.1 Å². The second kappa shape index (κ2) is 7.44. The smallest absolute Gasteiger partial charge is 0.157 e. The van der Waals surface area contributed by atoms with Gasteiger partial charge in [0.1, 0.15) is 6.10 Å². The third-order valence-electron chi connectivity index (χ3n) is 3.02. The molecule has 0 bridgehead atoms. The van der Waals surface area contributed by atoms with Crippen molar-refractivity contribution in [2.45, 2.75) is 53.7 Å². The maximum atomic E-state index is 5.67. The van der Waals surface area contributed by atoms with Gasteiger partial charge in [0.25, 0.3) is 0 Å². The third kappa shape index (κ3) is 3.75. The van der Waals surface area contributed by atoms with Crippen LogP contribution in [-0.2, 0) is 11.3 Å². The third-order valence-corrected chi connectivity index (χ3v) is 3.02. The molecule has 4 nitrogen and oxygen atoms in total. The van der Waals surface area contributed by atoms with Gasteiger partial charge in [-0.05, 0) is 33.7 Å². The van der Waals surface area contributed by atoms with Gasteiger partial charge in [-0.3, -0.25) is 0 Å². The molecule has 0 radical (unpaired) electrons. The molecule has 0 saturated heterocycles. The topological polar surface area (TPSA) is 47.0 Å². The van der Waals surface area contributed by atoms with E-state index in [9.17, 15) is 0 Å². The minimum atomic E-state index is 0.0144. The zero-order chi connectivity index (χ0) is 13.5. The molecule has 0 aromatic carbocycles. The van der Waals surface area contributed by atoms with Gasteiger partial charge < -0.3 is 10.1 Å². The number of aryl methyl sites for hydroxylation is 2. The standard InChI is InChI=1S/C14H25N3O/c1-6-13(18-8-3)14-16-10(4)12(9-15-7-2)11(5)17-14/h13,15H,6-9H2,1-5H3. The first-order valence-electron chi connectivity index (χ1n) is 6.80. The lowest BCUT2D eigenvalue weighted by Gasteiger charge is -2.17. The number of hydrogen-bond donors (Lipinski definition) is 1. The fraction of sp³-hybridized carbons (Fsp3) is 0.714. The highest BCUT2D eigenvalue weighted by Crippen LogP contribution is 2.20. The van der Waals surface area contributed by atoms with Crippen LogP contribution in [0.15, 0.2) is 0 Å². The maximum Gasteiger partial charge on any atom is 0.157 e. The molecule has 1 aromatic rings. The summed E-state index contributed by atoms with van der Waals surface area (Å²) >= 11 is 0. The molecule has 0 aliphatic rings. The van der Waals surface area contributed by atoms with Crippen LogP contribution in [0.3, 0.4) is 0 Å². The number of nitrogens with one attached hydrogen (secondary N) is 1. The van der Waals surface area contributed by atoms with E-state index >= 15 is 0 Å². The molecule has 1 N–H and O–H groups in total. The number of hydrogen-bond acceptors (Lipinski definition) is 4. The van der Waals surface area contributed by atoms with Crippen LogP contribution in [0, 0.1) is 13.8 Å². The Morgan fingerprint density at radius 2 is 1.72 bits per heavy atom. The molecule has 1 aromatic heterocycles. The van der Waals surface area contributed by atoms with E-state index in [0.717, 1.165) is 36.7 Å². The lowest BCUT2D eigenvalue weighted by Crippen LogP contribution is -2.17. The number of rotatable bonds is 7. The van der Waals surface area contributed by atoms with Crippen LogP contribution in [0.1, 0.15) is 56.1 Å². The summed E-state index contributed by atoms with van der Waals surface area (Å²) in [4.78, 5) is 9.20. The summed E-state index contributed by atoms with van der Waals surface area (Å²) in [6.45, 7) is 12.8. The van der Waals surface area contributed by atoms with Gasteiger partial charge in [0.15, 0.2) is 5.82 Å². The highest BCUT2D eigenvalue weighted by Gasteiger charge is 2.15. The van der Waals surface area contributed by atoms with E-state index < -0.39 is 0 Å². The summed E-state index contributed by atoms with van der Waals surface area (Å²) in [6.07, 6.45) is 0.916. The Balaban J connectivity index is 2.97. The van der Waals surface area contributed by atoms with Crippen molar-refractivity contribution in [3.8, 4) is 0 Å². The van der Waals surface area contributed by atoms with Gasteiger partial charge in [-0.2, -0.15) is 0 Å². The van der Waals surface area contributed by atoms with Crippen LogP contribution in [0.4, 0.5) is 0 Å². The molecule has 0 aliphatic carbocycles. The molecule has 18 heavy (non-hydrogen) atoms. The summed E-state index contributed by atoms with van der Waals surface area (Å²) < 4.78 is 5.67. The van der Waals surface area contributed by atoms with E-state index in [2.05, 4.69) is 29.1 Å². The summed E-state index contributed by atoms with van der Waals surface area (Å²) in [6, 6.07) is 0. The second-order valence-corrected chi connectivity index (χ2v) is 4.36. The Morgan fingerprint density at radius 3 is 2.17 bits per heavy atom. The molecule has 1 atom stereocenters. The monoisotopic (exact) mass is 251 g/mol. The van der Waals surface area contributed by atoms with Crippen molar-refractivity contribution in [2.24, 2.45) is 0 Å². The Bertz CT molecular complexity index is 356. The predicted octanol–water partition coefficient (Wildman–Crippen LogP) is 2.69. The molecule has 0 saturated carbocycles. The highest BCUT2D eigenvalue weighted by atomic mass is 16.5. The van der Waals surface area contributed by atoms with Crippen molar-refractivity contribution < 1.29 is 4.74 Å². The van der Waals surface area contributed by atoms with Crippen LogP contribution in [0.5, 0.6) is 0 Å². The van der Waals surface area contributed by atoms with E-state index in [0.29, 0.717) is 6.61 Å². The normalized spacial score (nSPS) is 12.7. The van der Waals surface area contributed by atoms with E-state index in [1.165, 1.54) is 5.56 Å². The average molecular weight is 251 g/mol. The van der Waals surface area contributed by atoms with E-state index in [1.54, 1.807) is 0 Å². The van der Waals surface area contributed by atoms with Crippen molar-refractivity contribution in [1.29, 1.82) is 0 Å². The van der Waals surface area contributed by atoms with Gasteiger partial charge in [0, 0.05) is 30.1 Å². The van der Waals surface area contributed by atoms with Gasteiger partial charge in [-0.25, -0.2) is 9.97 Å². The molecule has 102 valence electrons. The Morgan fingerprint density at radius 1 is 1.11 bits per heavy atom. The predicted molar refractivity (Wildman–Crippen MR) is 73.5 cm³/mol. The second-order valence-electron chi connectivity index (χ2n) is 4.36. The molecule has 1 unspecified atom stereocenters. The van der Waals surface area contributed by atoms with Crippen molar-refractivity contribution in [3.05, 3.63) is 22.8 Å². The molecule has 1 rings (SSSR count). The fourth-order valence-corrected chi connectivity index (χ4v) is 1.99. The van der Waals surface area contributed by atoms with Gasteiger partial charge in [0.05, 0.1) is 0 Å². The molecular weight excluding hydrogens is 226 g/mol. The van der Waals surface area contributed by atoms with Crippen LogP contribution in [0.2, 0.25) is 0 Å². The van der Waals surface area contributed by atoms with Gasteiger partial charge in [-0.15, -0.1) is 0 Å². The van der Waals surface area contributed by atoms with Crippen LogP contribution in [0.25, 0.3) is 0 Å². The Labute approximate surface area is 110 Å². The van der Waals surface area contributed by atoms with Crippen LogP contribution >= 0.6 is 0 Å². The highest BCUT2D eigenvalue weighted by molar-refractivity contribution is 5.24. The summed E-state index contributed by atoms with van der Waals surface area (Å²) in [5, 5.41) is 3.32. The SMILES string of the molecule is CCNCc1c(C)nc(C(CC)OCC)nc1C. The number of ether oxygens (including phenoxy) is 1. The van der Waals surface area contributed by atoms with E-state index in [-0.39, 0.29) is 6.10 Å². The summed E-state index contributed by atoms with van der Waals surface area (Å²) in [7, 11) is 0. The Kier molecular flexibility index (Phi) is 6.22. The summed E-state index contributed by atoms with van der Waals surface area (Å²) in [5.41, 5.74) is 3.31. The Hall–Kier alpha value is -1.00. The maximum absolute atomic E-state index is 5.67. The van der Waals surface area contributed by atoms with Crippen molar-refractivity contribution >= 4 is 0 Å².